The van der Waals surface area contributed by atoms with E-state index in [0.717, 1.165) is 12.5 Å². The Morgan fingerprint density at radius 3 is 2.57 bits per heavy atom. The molecular formula is C15H21FN2O2S. The molecule has 0 unspecified atom stereocenters. The normalized spacial score (nSPS) is 11.6. The third-order valence-corrected chi connectivity index (χ3v) is 4.87. The Labute approximate surface area is 126 Å². The minimum absolute atomic E-state index is 0.166. The maximum atomic E-state index is 14.0. The maximum Gasteiger partial charge on any atom is 0.245 e. The topological polar surface area (TPSA) is 63.4 Å². The van der Waals surface area contributed by atoms with Crippen molar-refractivity contribution >= 4 is 10.0 Å². The molecule has 4 nitrogen and oxygen atoms in total. The first-order valence-corrected chi connectivity index (χ1v) is 8.18. The van der Waals surface area contributed by atoms with Gasteiger partial charge in [0.15, 0.2) is 0 Å². The van der Waals surface area contributed by atoms with Crippen LogP contribution in [-0.2, 0) is 10.0 Å². The summed E-state index contributed by atoms with van der Waals surface area (Å²) in [4.78, 5) is -0.327. The molecule has 0 saturated carbocycles. The second kappa shape index (κ2) is 7.55. The number of sulfonamides is 1. The molecule has 0 aromatic heterocycles. The van der Waals surface area contributed by atoms with Crippen LogP contribution in [0, 0.1) is 23.6 Å². The summed E-state index contributed by atoms with van der Waals surface area (Å²) in [5.41, 5.74) is 5.65. The van der Waals surface area contributed by atoms with Gasteiger partial charge >= 0.3 is 0 Å². The quantitative estimate of drug-likeness (QED) is 0.843. The molecule has 6 heteroatoms. The van der Waals surface area contributed by atoms with E-state index in [-0.39, 0.29) is 11.4 Å². The van der Waals surface area contributed by atoms with Crippen LogP contribution in [0.4, 0.5) is 4.39 Å². The first-order chi connectivity index (χ1) is 9.78. The Kier molecular flexibility index (Phi) is 6.34. The average Bonchev–Trinajstić information content (AvgIpc) is 2.42. The number of benzene rings is 1. The second-order valence-electron chi connectivity index (χ2n) is 5.16. The van der Waals surface area contributed by atoms with Gasteiger partial charge in [0, 0.05) is 19.2 Å². The lowest BCUT2D eigenvalue weighted by Gasteiger charge is -2.18. The highest BCUT2D eigenvalue weighted by atomic mass is 32.2. The van der Waals surface area contributed by atoms with Gasteiger partial charge in [-0.3, -0.25) is 0 Å². The Bertz CT molecular complexity index is 645. The van der Waals surface area contributed by atoms with Crippen molar-refractivity contribution in [3.05, 3.63) is 29.6 Å². The van der Waals surface area contributed by atoms with Gasteiger partial charge in [-0.2, -0.15) is 0 Å². The molecule has 0 aliphatic heterocycles. The van der Waals surface area contributed by atoms with E-state index in [2.05, 4.69) is 11.8 Å². The van der Waals surface area contributed by atoms with E-state index in [1.165, 1.54) is 23.5 Å². The molecule has 0 heterocycles. The molecule has 21 heavy (non-hydrogen) atoms. The second-order valence-corrected chi connectivity index (χ2v) is 7.17. The molecule has 0 bridgehead atoms. The lowest BCUT2D eigenvalue weighted by Crippen LogP contribution is -2.29. The molecule has 116 valence electrons. The monoisotopic (exact) mass is 312 g/mol. The summed E-state index contributed by atoms with van der Waals surface area (Å²) in [7, 11) is -2.36. The van der Waals surface area contributed by atoms with Gasteiger partial charge in [-0.25, -0.2) is 17.1 Å². The van der Waals surface area contributed by atoms with Crippen molar-refractivity contribution in [3.63, 3.8) is 0 Å². The number of halogens is 1. The minimum Gasteiger partial charge on any atom is -0.320 e. The lowest BCUT2D eigenvalue weighted by molar-refractivity contribution is 0.424. The molecule has 0 fully saturated rings. The Morgan fingerprint density at radius 2 is 2.05 bits per heavy atom. The van der Waals surface area contributed by atoms with Gasteiger partial charge in [0.2, 0.25) is 10.0 Å². The van der Waals surface area contributed by atoms with Crippen molar-refractivity contribution in [1.82, 2.24) is 4.31 Å². The summed E-state index contributed by atoms with van der Waals surface area (Å²) < 4.78 is 39.8. The fourth-order valence-electron chi connectivity index (χ4n) is 1.67. The van der Waals surface area contributed by atoms with Gasteiger partial charge in [0.25, 0.3) is 0 Å². The molecular weight excluding hydrogens is 291 g/mol. The zero-order valence-electron chi connectivity index (χ0n) is 12.6. The van der Waals surface area contributed by atoms with E-state index in [9.17, 15) is 12.8 Å². The lowest BCUT2D eigenvalue weighted by atomic mass is 10.1. The largest absolute Gasteiger partial charge is 0.320 e. The number of hydrogen-bond acceptors (Lipinski definition) is 3. The van der Waals surface area contributed by atoms with E-state index in [1.54, 1.807) is 0 Å². The zero-order valence-corrected chi connectivity index (χ0v) is 13.4. The van der Waals surface area contributed by atoms with Crippen LogP contribution in [0.1, 0.15) is 25.8 Å². The summed E-state index contributed by atoms with van der Waals surface area (Å²) in [6.45, 7) is 4.53. The van der Waals surface area contributed by atoms with Gasteiger partial charge in [-0.15, -0.1) is 0 Å². The van der Waals surface area contributed by atoms with Crippen molar-refractivity contribution in [1.29, 1.82) is 0 Å². The first kappa shape index (κ1) is 17.6. The molecule has 0 aliphatic carbocycles. The SMILES string of the molecule is CC(C)CCN(C)S(=O)(=O)c1ccc(C#CCN)cc1F. The van der Waals surface area contributed by atoms with E-state index < -0.39 is 15.8 Å². The molecule has 0 amide bonds. The van der Waals surface area contributed by atoms with Gasteiger partial charge in [-0.1, -0.05) is 25.7 Å². The fraction of sp³-hybridized carbons (Fsp3) is 0.467. The van der Waals surface area contributed by atoms with Crippen LogP contribution in [0.5, 0.6) is 0 Å². The van der Waals surface area contributed by atoms with Crippen molar-refractivity contribution < 1.29 is 12.8 Å². The van der Waals surface area contributed by atoms with Gasteiger partial charge in [0.1, 0.15) is 10.7 Å². The third kappa shape index (κ3) is 4.81. The van der Waals surface area contributed by atoms with Crippen molar-refractivity contribution in [2.24, 2.45) is 11.7 Å². The van der Waals surface area contributed by atoms with E-state index in [0.29, 0.717) is 18.0 Å². The minimum atomic E-state index is -3.82. The highest BCUT2D eigenvalue weighted by Crippen LogP contribution is 2.20. The van der Waals surface area contributed by atoms with Crippen LogP contribution in [0.2, 0.25) is 0 Å². The predicted molar refractivity (Wildman–Crippen MR) is 81.6 cm³/mol. The number of nitrogens with zero attached hydrogens (tertiary/aromatic N) is 1. The van der Waals surface area contributed by atoms with Crippen LogP contribution in [0.15, 0.2) is 23.1 Å². The number of nitrogens with two attached hydrogens (primary N) is 1. The predicted octanol–water partition coefficient (Wildman–Crippen LogP) is 1.80. The highest BCUT2D eigenvalue weighted by molar-refractivity contribution is 7.89. The Balaban J connectivity index is 3.03. The molecule has 1 aromatic carbocycles. The summed E-state index contributed by atoms with van der Waals surface area (Å²) in [5.74, 6) is 4.85. The van der Waals surface area contributed by atoms with Crippen molar-refractivity contribution in [3.8, 4) is 11.8 Å². The van der Waals surface area contributed by atoms with Gasteiger partial charge < -0.3 is 5.73 Å². The highest BCUT2D eigenvalue weighted by Gasteiger charge is 2.24. The van der Waals surface area contributed by atoms with Gasteiger partial charge in [-0.05, 0) is 30.5 Å². The molecule has 2 N–H and O–H groups in total. The van der Waals surface area contributed by atoms with Crippen LogP contribution < -0.4 is 5.73 Å². The molecule has 1 aromatic rings. The summed E-state index contributed by atoms with van der Waals surface area (Å²) in [6, 6.07) is 3.85. The standard InChI is InChI=1S/C15H21FN2O2S/c1-12(2)8-10-18(3)21(19,20)15-7-6-13(5-4-9-17)11-14(15)16/h6-7,11-12H,8-10,17H2,1-3H3. The first-order valence-electron chi connectivity index (χ1n) is 6.74. The third-order valence-electron chi connectivity index (χ3n) is 2.98. The van der Waals surface area contributed by atoms with Crippen molar-refractivity contribution in [2.45, 2.75) is 25.2 Å². The maximum absolute atomic E-state index is 14.0. The van der Waals surface area contributed by atoms with Crippen LogP contribution in [0.3, 0.4) is 0 Å². The summed E-state index contributed by atoms with van der Waals surface area (Å²) in [6.07, 6.45) is 0.720. The van der Waals surface area contributed by atoms with Gasteiger partial charge in [0.05, 0.1) is 6.54 Å². The molecule has 0 saturated heterocycles. The Morgan fingerprint density at radius 1 is 1.38 bits per heavy atom. The Hall–Kier alpha value is -1.42. The van der Waals surface area contributed by atoms with E-state index >= 15 is 0 Å². The number of hydrogen-bond donors (Lipinski definition) is 1. The van der Waals surface area contributed by atoms with Crippen LogP contribution >= 0.6 is 0 Å². The molecule has 0 aliphatic rings. The van der Waals surface area contributed by atoms with Crippen molar-refractivity contribution in [2.75, 3.05) is 20.1 Å². The van der Waals surface area contributed by atoms with Crippen LogP contribution in [-0.4, -0.2) is 32.9 Å². The molecule has 0 radical (unpaired) electrons. The summed E-state index contributed by atoms with van der Waals surface area (Å²) in [5, 5.41) is 0. The van der Waals surface area contributed by atoms with E-state index in [1.807, 2.05) is 13.8 Å². The number of rotatable bonds is 5. The molecule has 0 spiro atoms. The van der Waals surface area contributed by atoms with Crippen LogP contribution in [0.25, 0.3) is 0 Å². The molecule has 1 rings (SSSR count). The zero-order chi connectivity index (χ0) is 16.0. The molecule has 0 atom stereocenters. The van der Waals surface area contributed by atoms with E-state index in [4.69, 9.17) is 5.73 Å². The fourth-order valence-corrected chi connectivity index (χ4v) is 2.90. The average molecular weight is 312 g/mol. The smallest absolute Gasteiger partial charge is 0.245 e. The summed E-state index contributed by atoms with van der Waals surface area (Å²) >= 11 is 0.